The minimum atomic E-state index is -4.05. The molecule has 2 rings (SSSR count). The number of hydrogen-bond donors (Lipinski definition) is 1. The Labute approximate surface area is 176 Å². The molecule has 0 aliphatic carbocycles. The van der Waals surface area contributed by atoms with Gasteiger partial charge in [0.25, 0.3) is 0 Å². The van der Waals surface area contributed by atoms with Crippen LogP contribution in [0.3, 0.4) is 0 Å². The van der Waals surface area contributed by atoms with E-state index in [-0.39, 0.29) is 29.5 Å². The Morgan fingerprint density at radius 2 is 1.87 bits per heavy atom. The molecule has 1 atom stereocenters. The largest absolute Gasteiger partial charge is 0.493 e. The molecule has 0 amide bonds. The van der Waals surface area contributed by atoms with Gasteiger partial charge in [-0.15, -0.1) is 0 Å². The van der Waals surface area contributed by atoms with Crippen LogP contribution in [0.2, 0.25) is 0 Å². The first-order valence-corrected chi connectivity index (χ1v) is 12.3. The van der Waals surface area contributed by atoms with E-state index in [0.717, 1.165) is 12.3 Å². The number of rotatable bonds is 8. The van der Waals surface area contributed by atoms with Gasteiger partial charge >= 0.3 is 5.97 Å². The first kappa shape index (κ1) is 24.1. The molecule has 1 aliphatic heterocycles. The Hall–Kier alpha value is -2.15. The Morgan fingerprint density at radius 3 is 2.43 bits per heavy atom. The molecular weight excluding hydrogens is 436 g/mol. The molecule has 10 nitrogen and oxygen atoms in total. The summed E-state index contributed by atoms with van der Waals surface area (Å²) in [6, 6.07) is 2.37. The summed E-state index contributed by atoms with van der Waals surface area (Å²) >= 11 is 0. The van der Waals surface area contributed by atoms with Crippen LogP contribution in [0.25, 0.3) is 6.08 Å². The zero-order valence-electron chi connectivity index (χ0n) is 17.2. The van der Waals surface area contributed by atoms with Gasteiger partial charge in [-0.2, -0.15) is 4.31 Å². The van der Waals surface area contributed by atoms with Crippen molar-refractivity contribution >= 4 is 32.1 Å². The quantitative estimate of drug-likeness (QED) is 0.439. The van der Waals surface area contributed by atoms with Crippen LogP contribution in [0.15, 0.2) is 23.1 Å². The van der Waals surface area contributed by atoms with E-state index in [1.165, 1.54) is 43.8 Å². The van der Waals surface area contributed by atoms with Gasteiger partial charge in [0.2, 0.25) is 20.0 Å². The van der Waals surface area contributed by atoms with E-state index in [9.17, 15) is 21.6 Å². The summed E-state index contributed by atoms with van der Waals surface area (Å²) < 4.78 is 68.7. The van der Waals surface area contributed by atoms with Gasteiger partial charge in [0.1, 0.15) is 4.90 Å². The van der Waals surface area contributed by atoms with E-state index in [0.29, 0.717) is 18.4 Å². The van der Waals surface area contributed by atoms with Crippen LogP contribution in [-0.2, 0) is 29.6 Å². The number of benzene rings is 1. The van der Waals surface area contributed by atoms with Gasteiger partial charge < -0.3 is 14.2 Å². The molecule has 1 N–H and O–H groups in total. The average molecular weight is 463 g/mol. The number of esters is 1. The van der Waals surface area contributed by atoms with Crippen LogP contribution in [-0.4, -0.2) is 73.8 Å². The number of nitrogens with one attached hydrogen (secondary N) is 1. The first-order valence-electron chi connectivity index (χ1n) is 9.01. The van der Waals surface area contributed by atoms with Crippen molar-refractivity contribution in [3.63, 3.8) is 0 Å². The number of piperidine rings is 1. The maximum atomic E-state index is 13.4. The molecule has 168 valence electrons. The second-order valence-corrected chi connectivity index (χ2v) is 10.4. The lowest BCUT2D eigenvalue weighted by molar-refractivity contribution is -0.134. The standard InChI is InChI=1S/C18H26N2O8S2/c1-26-15-10-13(7-8-17(21)27-2)11-16(18(15)28-3)30(24,25)20-9-5-6-14(12-20)19-29(4,22)23/h7-8,10-11,14,19H,5-6,9,12H2,1-4H3/b8-7+. The van der Waals surface area contributed by atoms with E-state index in [4.69, 9.17) is 9.47 Å². The van der Waals surface area contributed by atoms with Crippen molar-refractivity contribution in [1.82, 2.24) is 9.03 Å². The number of nitrogens with zero attached hydrogens (tertiary/aromatic N) is 1. The lowest BCUT2D eigenvalue weighted by Crippen LogP contribution is -2.49. The molecule has 0 saturated carbocycles. The minimum Gasteiger partial charge on any atom is -0.493 e. The molecule has 1 aromatic rings. The van der Waals surface area contributed by atoms with Crippen LogP contribution in [0.4, 0.5) is 0 Å². The highest BCUT2D eigenvalue weighted by Crippen LogP contribution is 2.38. The second-order valence-electron chi connectivity index (χ2n) is 6.70. The SMILES string of the molecule is COC(=O)/C=C/c1cc(OC)c(OC)c(S(=O)(=O)N2CCCC(NS(C)(=O)=O)C2)c1. The highest BCUT2D eigenvalue weighted by atomic mass is 32.2. The van der Waals surface area contributed by atoms with Crippen LogP contribution in [0, 0.1) is 0 Å². The molecule has 1 unspecified atom stereocenters. The molecule has 0 bridgehead atoms. The fraction of sp³-hybridized carbons (Fsp3) is 0.500. The number of carbonyl (C=O) groups is 1. The van der Waals surface area contributed by atoms with Crippen molar-refractivity contribution in [3.8, 4) is 11.5 Å². The third kappa shape index (κ3) is 5.94. The van der Waals surface area contributed by atoms with Gasteiger partial charge in [0.05, 0.1) is 27.6 Å². The molecule has 30 heavy (non-hydrogen) atoms. The second kappa shape index (κ2) is 9.77. The number of ether oxygens (including phenoxy) is 3. The topological polar surface area (TPSA) is 128 Å². The van der Waals surface area contributed by atoms with Crippen LogP contribution < -0.4 is 14.2 Å². The molecule has 0 radical (unpaired) electrons. The number of sulfonamides is 2. The molecule has 1 fully saturated rings. The number of methoxy groups -OCH3 is 3. The van der Waals surface area contributed by atoms with Crippen molar-refractivity contribution in [3.05, 3.63) is 23.8 Å². The maximum Gasteiger partial charge on any atom is 0.330 e. The van der Waals surface area contributed by atoms with Crippen LogP contribution in [0.5, 0.6) is 11.5 Å². The van der Waals surface area contributed by atoms with Crippen molar-refractivity contribution < 1.29 is 35.8 Å². The van der Waals surface area contributed by atoms with E-state index >= 15 is 0 Å². The van der Waals surface area contributed by atoms with Gasteiger partial charge in [-0.1, -0.05) is 0 Å². The van der Waals surface area contributed by atoms with E-state index in [1.807, 2.05) is 0 Å². The summed E-state index contributed by atoms with van der Waals surface area (Å²) in [6.45, 7) is 0.223. The maximum absolute atomic E-state index is 13.4. The summed E-state index contributed by atoms with van der Waals surface area (Å²) in [6.07, 6.45) is 4.61. The van der Waals surface area contributed by atoms with Crippen LogP contribution >= 0.6 is 0 Å². The lowest BCUT2D eigenvalue weighted by Gasteiger charge is -2.32. The predicted molar refractivity (Wildman–Crippen MR) is 110 cm³/mol. The van der Waals surface area contributed by atoms with Gasteiger partial charge in [-0.3, -0.25) is 0 Å². The monoisotopic (exact) mass is 462 g/mol. The fourth-order valence-electron chi connectivity index (χ4n) is 3.17. The predicted octanol–water partition coefficient (Wildman–Crippen LogP) is 0.592. The van der Waals surface area contributed by atoms with E-state index in [1.54, 1.807) is 0 Å². The molecule has 0 spiro atoms. The van der Waals surface area contributed by atoms with Crippen molar-refractivity contribution in [2.45, 2.75) is 23.8 Å². The van der Waals surface area contributed by atoms with Crippen molar-refractivity contribution in [2.75, 3.05) is 40.7 Å². The molecule has 0 aromatic heterocycles. The number of carbonyl (C=O) groups excluding carboxylic acids is 1. The van der Waals surface area contributed by atoms with Crippen molar-refractivity contribution in [2.24, 2.45) is 0 Å². The average Bonchev–Trinajstić information content (AvgIpc) is 2.69. The van der Waals surface area contributed by atoms with Gasteiger partial charge in [0, 0.05) is 25.2 Å². The summed E-state index contributed by atoms with van der Waals surface area (Å²) in [4.78, 5) is 11.2. The summed E-state index contributed by atoms with van der Waals surface area (Å²) in [5.74, 6) is -0.406. The molecule has 12 heteroatoms. The first-order chi connectivity index (χ1) is 14.0. The third-order valence-corrected chi connectivity index (χ3v) is 7.09. The Balaban J connectivity index is 2.48. The molecule has 1 aromatic carbocycles. The Kier molecular flexibility index (Phi) is 7.86. The zero-order valence-corrected chi connectivity index (χ0v) is 18.9. The smallest absolute Gasteiger partial charge is 0.330 e. The lowest BCUT2D eigenvalue weighted by atomic mass is 10.1. The Morgan fingerprint density at radius 1 is 1.17 bits per heavy atom. The minimum absolute atomic E-state index is 0.0108. The normalized spacial score (nSPS) is 18.3. The summed E-state index contributed by atoms with van der Waals surface area (Å²) in [5.41, 5.74) is 0.388. The highest BCUT2D eigenvalue weighted by Gasteiger charge is 2.34. The molecular formula is C18H26N2O8S2. The van der Waals surface area contributed by atoms with E-state index in [2.05, 4.69) is 9.46 Å². The van der Waals surface area contributed by atoms with Gasteiger partial charge in [-0.25, -0.2) is 26.4 Å². The van der Waals surface area contributed by atoms with E-state index < -0.39 is 32.1 Å². The molecule has 1 heterocycles. The highest BCUT2D eigenvalue weighted by molar-refractivity contribution is 7.89. The molecule has 1 saturated heterocycles. The Bertz CT molecular complexity index is 1020. The zero-order chi connectivity index (χ0) is 22.5. The molecule has 1 aliphatic rings. The summed E-state index contributed by atoms with van der Waals surface area (Å²) in [7, 11) is -3.60. The fourth-order valence-corrected chi connectivity index (χ4v) is 5.69. The van der Waals surface area contributed by atoms with Crippen LogP contribution in [0.1, 0.15) is 18.4 Å². The number of hydrogen-bond acceptors (Lipinski definition) is 8. The van der Waals surface area contributed by atoms with Crippen molar-refractivity contribution in [1.29, 1.82) is 0 Å². The summed E-state index contributed by atoms with van der Waals surface area (Å²) in [5, 5.41) is 0. The van der Waals surface area contributed by atoms with Gasteiger partial charge in [-0.05, 0) is 36.6 Å². The third-order valence-electron chi connectivity index (χ3n) is 4.46. The van der Waals surface area contributed by atoms with Gasteiger partial charge in [0.15, 0.2) is 11.5 Å².